The van der Waals surface area contributed by atoms with Crippen LogP contribution >= 0.6 is 0 Å². The van der Waals surface area contributed by atoms with Gasteiger partial charge >= 0.3 is 0 Å². The second kappa shape index (κ2) is 8.01. The highest BCUT2D eigenvalue weighted by atomic mass is 16.1. The molecule has 25 heavy (non-hydrogen) atoms. The Kier molecular flexibility index (Phi) is 5.31. The van der Waals surface area contributed by atoms with Crippen molar-refractivity contribution in [2.24, 2.45) is 0 Å². The predicted molar refractivity (Wildman–Crippen MR) is 95.9 cm³/mol. The van der Waals surface area contributed by atoms with Crippen LogP contribution in [0.25, 0.3) is 0 Å². The van der Waals surface area contributed by atoms with Crippen LogP contribution in [0.1, 0.15) is 34.6 Å². The average molecular weight is 333 g/mol. The summed E-state index contributed by atoms with van der Waals surface area (Å²) in [5.74, 6) is 0.369. The normalized spacial score (nSPS) is 11.6. The van der Waals surface area contributed by atoms with E-state index in [4.69, 9.17) is 0 Å². The first-order valence-corrected chi connectivity index (χ1v) is 8.04. The highest BCUT2D eigenvalue weighted by Gasteiger charge is 2.10. The third-order valence-electron chi connectivity index (χ3n) is 3.76. The van der Waals surface area contributed by atoms with Crippen LogP contribution in [0.4, 0.5) is 5.82 Å². The van der Waals surface area contributed by atoms with Gasteiger partial charge in [-0.25, -0.2) is 0 Å². The van der Waals surface area contributed by atoms with Crippen molar-refractivity contribution in [1.82, 2.24) is 20.5 Å². The lowest BCUT2D eigenvalue weighted by Crippen LogP contribution is -2.24. The maximum atomic E-state index is 12.1. The van der Waals surface area contributed by atoms with E-state index in [1.807, 2.05) is 49.4 Å². The van der Waals surface area contributed by atoms with Crippen molar-refractivity contribution < 1.29 is 4.79 Å². The Morgan fingerprint density at radius 1 is 1.00 bits per heavy atom. The van der Waals surface area contributed by atoms with Crippen LogP contribution in [0.3, 0.4) is 0 Å². The molecule has 1 aromatic carbocycles. The fourth-order valence-electron chi connectivity index (χ4n) is 2.35. The minimum Gasteiger partial charge on any atom is -0.362 e. The molecule has 6 nitrogen and oxygen atoms in total. The Hall–Kier alpha value is -3.28. The van der Waals surface area contributed by atoms with Crippen molar-refractivity contribution in [3.05, 3.63) is 83.8 Å². The Morgan fingerprint density at radius 3 is 2.44 bits per heavy atom. The lowest BCUT2D eigenvalue weighted by atomic mass is 10.1. The third-order valence-corrected chi connectivity index (χ3v) is 3.76. The molecule has 1 unspecified atom stereocenters. The zero-order valence-corrected chi connectivity index (χ0v) is 13.9. The molecule has 3 rings (SSSR count). The van der Waals surface area contributed by atoms with Gasteiger partial charge in [-0.1, -0.05) is 30.3 Å². The second-order valence-corrected chi connectivity index (χ2v) is 5.62. The molecule has 0 aliphatic heterocycles. The van der Waals surface area contributed by atoms with Crippen LogP contribution in [0, 0.1) is 0 Å². The third kappa shape index (κ3) is 4.60. The lowest BCUT2D eigenvalue weighted by Gasteiger charge is -2.14. The SMILES string of the molecule is CC(Nc1ccc(C(=O)NCc2ccncc2)nn1)c1ccccc1. The van der Waals surface area contributed by atoms with E-state index in [0.29, 0.717) is 12.4 Å². The van der Waals surface area contributed by atoms with Gasteiger partial charge in [0.1, 0.15) is 5.82 Å². The molecule has 0 spiro atoms. The summed E-state index contributed by atoms with van der Waals surface area (Å²) in [6.07, 6.45) is 3.38. The van der Waals surface area contributed by atoms with E-state index in [1.165, 1.54) is 0 Å². The largest absolute Gasteiger partial charge is 0.362 e. The average Bonchev–Trinajstić information content (AvgIpc) is 2.68. The number of hydrogen-bond donors (Lipinski definition) is 2. The molecule has 2 aromatic heterocycles. The van der Waals surface area contributed by atoms with Crippen LogP contribution in [0.15, 0.2) is 67.0 Å². The standard InChI is InChI=1S/C19H19N5O/c1-14(16-5-3-2-4-6-16)22-18-8-7-17(23-24-18)19(25)21-13-15-9-11-20-12-10-15/h2-12,14H,13H2,1H3,(H,21,25)(H,22,24). The molecule has 0 radical (unpaired) electrons. The molecular formula is C19H19N5O. The Morgan fingerprint density at radius 2 is 1.76 bits per heavy atom. The minimum atomic E-state index is -0.257. The first-order valence-electron chi connectivity index (χ1n) is 8.04. The first-order chi connectivity index (χ1) is 12.2. The van der Waals surface area contributed by atoms with Crippen LogP contribution < -0.4 is 10.6 Å². The topological polar surface area (TPSA) is 79.8 Å². The number of anilines is 1. The summed E-state index contributed by atoms with van der Waals surface area (Å²) in [5, 5.41) is 14.2. The molecule has 1 atom stereocenters. The summed E-state index contributed by atoms with van der Waals surface area (Å²) in [4.78, 5) is 16.1. The summed E-state index contributed by atoms with van der Waals surface area (Å²) in [6.45, 7) is 2.47. The van der Waals surface area contributed by atoms with Gasteiger partial charge in [0.15, 0.2) is 5.69 Å². The molecule has 2 heterocycles. The van der Waals surface area contributed by atoms with E-state index in [9.17, 15) is 4.79 Å². The summed E-state index contributed by atoms with van der Waals surface area (Å²) < 4.78 is 0. The van der Waals surface area contributed by atoms with E-state index in [-0.39, 0.29) is 17.6 Å². The highest BCUT2D eigenvalue weighted by molar-refractivity contribution is 5.92. The first kappa shape index (κ1) is 16.6. The number of benzene rings is 1. The maximum Gasteiger partial charge on any atom is 0.272 e. The number of amides is 1. The molecule has 126 valence electrons. The number of nitrogens with zero attached hydrogens (tertiary/aromatic N) is 3. The van der Waals surface area contributed by atoms with Gasteiger partial charge < -0.3 is 10.6 Å². The van der Waals surface area contributed by atoms with Gasteiger partial charge in [0.05, 0.1) is 0 Å². The van der Waals surface area contributed by atoms with Crippen molar-refractivity contribution in [3.63, 3.8) is 0 Å². The van der Waals surface area contributed by atoms with E-state index >= 15 is 0 Å². The highest BCUT2D eigenvalue weighted by Crippen LogP contribution is 2.16. The Bertz CT molecular complexity index is 806. The molecule has 0 aliphatic rings. The van der Waals surface area contributed by atoms with E-state index < -0.39 is 0 Å². The van der Waals surface area contributed by atoms with Crippen molar-refractivity contribution in [2.75, 3.05) is 5.32 Å². The summed E-state index contributed by atoms with van der Waals surface area (Å²) in [7, 11) is 0. The van der Waals surface area contributed by atoms with Gasteiger partial charge in [0.2, 0.25) is 0 Å². The molecule has 1 amide bonds. The smallest absolute Gasteiger partial charge is 0.272 e. The van der Waals surface area contributed by atoms with Crippen LogP contribution in [-0.4, -0.2) is 21.1 Å². The number of pyridine rings is 1. The number of hydrogen-bond acceptors (Lipinski definition) is 5. The summed E-state index contributed by atoms with van der Waals surface area (Å²) >= 11 is 0. The van der Waals surface area contributed by atoms with Crippen LogP contribution in [-0.2, 0) is 6.54 Å². The van der Waals surface area contributed by atoms with Crippen molar-refractivity contribution in [3.8, 4) is 0 Å². The van der Waals surface area contributed by atoms with Gasteiger partial charge in [-0.3, -0.25) is 9.78 Å². The number of aromatic nitrogens is 3. The van der Waals surface area contributed by atoms with E-state index in [1.54, 1.807) is 24.5 Å². The molecular weight excluding hydrogens is 314 g/mol. The minimum absolute atomic E-state index is 0.0990. The molecule has 0 saturated carbocycles. The van der Waals surface area contributed by atoms with E-state index in [0.717, 1.165) is 11.1 Å². The van der Waals surface area contributed by atoms with Crippen molar-refractivity contribution >= 4 is 11.7 Å². The maximum absolute atomic E-state index is 12.1. The quantitative estimate of drug-likeness (QED) is 0.725. The van der Waals surface area contributed by atoms with Gasteiger partial charge in [-0.15, -0.1) is 10.2 Å². The summed E-state index contributed by atoms with van der Waals surface area (Å²) in [5.41, 5.74) is 2.42. The van der Waals surface area contributed by atoms with Gasteiger partial charge in [-0.2, -0.15) is 0 Å². The zero-order chi connectivity index (χ0) is 17.5. The van der Waals surface area contributed by atoms with Gasteiger partial charge in [0, 0.05) is 25.0 Å². The van der Waals surface area contributed by atoms with Crippen LogP contribution in [0.2, 0.25) is 0 Å². The predicted octanol–water partition coefficient (Wildman–Crippen LogP) is 2.97. The molecule has 6 heteroatoms. The summed E-state index contributed by atoms with van der Waals surface area (Å²) in [6, 6.07) is 17.3. The van der Waals surface area contributed by atoms with Crippen LogP contribution in [0.5, 0.6) is 0 Å². The molecule has 2 N–H and O–H groups in total. The van der Waals surface area contributed by atoms with Gasteiger partial charge in [-0.05, 0) is 42.3 Å². The fraction of sp³-hybridized carbons (Fsp3) is 0.158. The number of nitrogens with one attached hydrogen (secondary N) is 2. The monoisotopic (exact) mass is 333 g/mol. The fourth-order valence-corrected chi connectivity index (χ4v) is 2.35. The second-order valence-electron chi connectivity index (χ2n) is 5.62. The molecule has 0 saturated heterocycles. The Balaban J connectivity index is 1.57. The van der Waals surface area contributed by atoms with Crippen molar-refractivity contribution in [2.45, 2.75) is 19.5 Å². The number of rotatable bonds is 6. The molecule has 0 bridgehead atoms. The molecule has 0 fully saturated rings. The Labute approximate surface area is 146 Å². The van der Waals surface area contributed by atoms with Gasteiger partial charge in [0.25, 0.3) is 5.91 Å². The van der Waals surface area contributed by atoms with E-state index in [2.05, 4.69) is 25.8 Å². The van der Waals surface area contributed by atoms with Crippen molar-refractivity contribution in [1.29, 1.82) is 0 Å². The molecule has 3 aromatic rings. The number of carbonyl (C=O) groups excluding carboxylic acids is 1. The lowest BCUT2D eigenvalue weighted by molar-refractivity contribution is 0.0945. The number of carbonyl (C=O) groups is 1. The molecule has 0 aliphatic carbocycles. The zero-order valence-electron chi connectivity index (χ0n) is 13.9.